The molecule has 7 nitrogen and oxygen atoms in total. The van der Waals surface area contributed by atoms with E-state index in [-0.39, 0.29) is 23.7 Å². The summed E-state index contributed by atoms with van der Waals surface area (Å²) in [7, 11) is 1.25. The lowest BCUT2D eigenvalue weighted by Crippen LogP contribution is -3.00. The van der Waals surface area contributed by atoms with E-state index in [4.69, 9.17) is 0 Å². The van der Waals surface area contributed by atoms with Gasteiger partial charge in [-0.15, -0.1) is 0 Å². The van der Waals surface area contributed by atoms with Gasteiger partial charge in [-0.2, -0.15) is 0 Å². The molecule has 110 valence electrons. The van der Waals surface area contributed by atoms with E-state index in [1.807, 2.05) is 4.90 Å². The smallest absolute Gasteiger partial charge is 0.338 e. The summed E-state index contributed by atoms with van der Waals surface area (Å²) in [4.78, 5) is 24.0. The summed E-state index contributed by atoms with van der Waals surface area (Å²) in [5, 5.41) is 14.3. The number of hydrogen-bond acceptors (Lipinski definition) is 6. The Balaban J connectivity index is 0.00000200. The summed E-state index contributed by atoms with van der Waals surface area (Å²) in [6.07, 6.45) is 0. The number of anilines is 1. The fourth-order valence-corrected chi connectivity index (χ4v) is 2.09. The summed E-state index contributed by atoms with van der Waals surface area (Å²) in [5.41, 5.74) is 0.664. The number of carbonyl (C=O) groups excluding carboxylic acids is 1. The number of hydrogen-bond donors (Lipinski definition) is 1. The van der Waals surface area contributed by atoms with Gasteiger partial charge in [0, 0.05) is 32.2 Å². The standard InChI is InChI=1S/C12H15N3O4.ClH/c1-19-12(16)9-2-3-10(11(8-9)15(17)18)14-6-4-13-5-7-14;/h2-3,8,13H,4-7H2,1H3;1H/p-1. The molecule has 2 rings (SSSR count). The summed E-state index contributed by atoms with van der Waals surface area (Å²) in [6.45, 7) is 2.99. The number of nitro groups is 1. The van der Waals surface area contributed by atoms with E-state index in [1.54, 1.807) is 12.1 Å². The maximum atomic E-state index is 11.4. The molecule has 1 fully saturated rings. The maximum Gasteiger partial charge on any atom is 0.338 e. The number of piperazine rings is 1. The van der Waals surface area contributed by atoms with Crippen molar-refractivity contribution in [2.75, 3.05) is 38.2 Å². The number of esters is 1. The highest BCUT2D eigenvalue weighted by Gasteiger charge is 2.23. The van der Waals surface area contributed by atoms with Crippen LogP contribution >= 0.6 is 0 Å². The van der Waals surface area contributed by atoms with Crippen molar-refractivity contribution in [3.8, 4) is 0 Å². The molecule has 1 saturated heterocycles. The van der Waals surface area contributed by atoms with Crippen LogP contribution in [-0.2, 0) is 4.74 Å². The Kier molecular flexibility index (Phi) is 5.72. The molecule has 0 aromatic heterocycles. The maximum absolute atomic E-state index is 11.4. The molecule has 0 bridgehead atoms. The lowest BCUT2D eigenvalue weighted by atomic mass is 10.1. The number of halogens is 1. The zero-order chi connectivity index (χ0) is 13.8. The molecule has 20 heavy (non-hydrogen) atoms. The van der Waals surface area contributed by atoms with Crippen molar-refractivity contribution in [1.29, 1.82) is 0 Å². The molecule has 0 radical (unpaired) electrons. The molecule has 1 N–H and O–H groups in total. The molecule has 0 spiro atoms. The first-order chi connectivity index (χ1) is 9.13. The average molecular weight is 301 g/mol. The predicted molar refractivity (Wildman–Crippen MR) is 69.5 cm³/mol. The molecule has 1 heterocycles. The monoisotopic (exact) mass is 300 g/mol. The van der Waals surface area contributed by atoms with Gasteiger partial charge in [-0.05, 0) is 12.1 Å². The van der Waals surface area contributed by atoms with Gasteiger partial charge >= 0.3 is 5.97 Å². The Morgan fingerprint density at radius 2 is 2.05 bits per heavy atom. The molecular formula is C12H15ClN3O4-. The Hall–Kier alpha value is -1.86. The van der Waals surface area contributed by atoms with Crippen molar-refractivity contribution in [3.63, 3.8) is 0 Å². The number of rotatable bonds is 3. The highest BCUT2D eigenvalue weighted by Crippen LogP contribution is 2.29. The van der Waals surface area contributed by atoms with Crippen LogP contribution in [0.4, 0.5) is 11.4 Å². The van der Waals surface area contributed by atoms with Crippen molar-refractivity contribution >= 4 is 17.3 Å². The van der Waals surface area contributed by atoms with Crippen LogP contribution in [0.3, 0.4) is 0 Å². The molecule has 1 aliphatic rings. The lowest BCUT2D eigenvalue weighted by Gasteiger charge is -2.29. The minimum absolute atomic E-state index is 0. The minimum atomic E-state index is -0.574. The first-order valence-corrected chi connectivity index (χ1v) is 5.96. The van der Waals surface area contributed by atoms with Crippen molar-refractivity contribution in [2.24, 2.45) is 0 Å². The molecule has 0 aliphatic carbocycles. The van der Waals surface area contributed by atoms with Crippen molar-refractivity contribution in [1.82, 2.24) is 5.32 Å². The highest BCUT2D eigenvalue weighted by molar-refractivity contribution is 5.91. The number of ether oxygens (including phenoxy) is 1. The molecule has 0 saturated carbocycles. The van der Waals surface area contributed by atoms with Crippen LogP contribution in [-0.4, -0.2) is 44.2 Å². The summed E-state index contributed by atoms with van der Waals surface area (Å²) in [5.74, 6) is -0.574. The van der Waals surface area contributed by atoms with Crippen LogP contribution in [0.1, 0.15) is 10.4 Å². The van der Waals surface area contributed by atoms with E-state index in [0.29, 0.717) is 18.8 Å². The van der Waals surface area contributed by atoms with Crippen molar-refractivity contribution in [3.05, 3.63) is 33.9 Å². The Bertz CT molecular complexity index is 503. The third-order valence-corrected chi connectivity index (χ3v) is 3.05. The van der Waals surface area contributed by atoms with Gasteiger partial charge in [0.25, 0.3) is 5.69 Å². The minimum Gasteiger partial charge on any atom is -1.00 e. The summed E-state index contributed by atoms with van der Waals surface area (Å²) >= 11 is 0. The number of nitrogens with one attached hydrogen (secondary N) is 1. The van der Waals surface area contributed by atoms with E-state index in [1.165, 1.54) is 13.2 Å². The zero-order valence-electron chi connectivity index (χ0n) is 11.0. The number of methoxy groups -OCH3 is 1. The quantitative estimate of drug-likeness (QED) is 0.387. The zero-order valence-corrected chi connectivity index (χ0v) is 11.7. The molecule has 0 atom stereocenters. The topological polar surface area (TPSA) is 84.7 Å². The summed E-state index contributed by atoms with van der Waals surface area (Å²) < 4.78 is 4.57. The molecule has 0 amide bonds. The average Bonchev–Trinajstić information content (AvgIpc) is 2.46. The first-order valence-electron chi connectivity index (χ1n) is 5.96. The number of nitro benzene ring substituents is 1. The first kappa shape index (κ1) is 16.2. The van der Waals surface area contributed by atoms with Gasteiger partial charge < -0.3 is 27.4 Å². The normalized spacial score (nSPS) is 14.3. The third kappa shape index (κ3) is 3.37. The molecular weight excluding hydrogens is 286 g/mol. The van der Waals surface area contributed by atoms with Gasteiger partial charge in [0.2, 0.25) is 0 Å². The lowest BCUT2D eigenvalue weighted by molar-refractivity contribution is -0.384. The number of benzene rings is 1. The van der Waals surface area contributed by atoms with Gasteiger partial charge in [-0.1, -0.05) is 0 Å². The Morgan fingerprint density at radius 1 is 1.40 bits per heavy atom. The van der Waals surface area contributed by atoms with Crippen molar-refractivity contribution in [2.45, 2.75) is 0 Å². The van der Waals surface area contributed by atoms with Crippen LogP contribution < -0.4 is 22.6 Å². The van der Waals surface area contributed by atoms with Crippen LogP contribution in [0.5, 0.6) is 0 Å². The third-order valence-electron chi connectivity index (χ3n) is 3.05. The fraction of sp³-hybridized carbons (Fsp3) is 0.417. The van der Waals surface area contributed by atoms with Gasteiger partial charge in [0.05, 0.1) is 17.6 Å². The molecule has 8 heteroatoms. The van der Waals surface area contributed by atoms with E-state index >= 15 is 0 Å². The predicted octanol–water partition coefficient (Wildman–Crippen LogP) is -2.20. The van der Waals surface area contributed by atoms with E-state index in [0.717, 1.165) is 13.1 Å². The second kappa shape index (κ2) is 7.06. The van der Waals surface area contributed by atoms with Crippen molar-refractivity contribution < 1.29 is 26.9 Å². The van der Waals surface area contributed by atoms with E-state index in [9.17, 15) is 14.9 Å². The van der Waals surface area contributed by atoms with E-state index in [2.05, 4.69) is 10.1 Å². The van der Waals surface area contributed by atoms with Gasteiger partial charge in [-0.3, -0.25) is 10.1 Å². The molecule has 0 unspecified atom stereocenters. The molecule has 1 aromatic rings. The van der Waals surface area contributed by atoms with Gasteiger partial charge in [0.1, 0.15) is 5.69 Å². The van der Waals surface area contributed by atoms with Crippen LogP contribution in [0.15, 0.2) is 18.2 Å². The summed E-state index contributed by atoms with van der Waals surface area (Å²) in [6, 6.07) is 4.43. The van der Waals surface area contributed by atoms with E-state index < -0.39 is 10.9 Å². The number of nitrogens with zero attached hydrogens (tertiary/aromatic N) is 2. The van der Waals surface area contributed by atoms with Gasteiger partial charge in [-0.25, -0.2) is 4.79 Å². The SMILES string of the molecule is COC(=O)c1ccc(N2CCNCC2)c([N+](=O)[O-])c1.[Cl-]. The molecule has 1 aliphatic heterocycles. The van der Waals surface area contributed by atoms with Crippen LogP contribution in [0.2, 0.25) is 0 Å². The van der Waals surface area contributed by atoms with Crippen LogP contribution in [0, 0.1) is 10.1 Å². The van der Waals surface area contributed by atoms with Gasteiger partial charge in [0.15, 0.2) is 0 Å². The highest BCUT2D eigenvalue weighted by atomic mass is 35.5. The second-order valence-electron chi connectivity index (χ2n) is 4.19. The second-order valence-corrected chi connectivity index (χ2v) is 4.19. The van der Waals surface area contributed by atoms with Crippen LogP contribution in [0.25, 0.3) is 0 Å². The number of carbonyl (C=O) groups is 1. The molecule has 1 aromatic carbocycles. The Morgan fingerprint density at radius 3 is 2.60 bits per heavy atom. The largest absolute Gasteiger partial charge is 1.00 e. The fourth-order valence-electron chi connectivity index (χ4n) is 2.09. The Labute approximate surface area is 122 Å².